The average molecular weight is 523 g/mol. The molecule has 0 bridgehead atoms. The maximum atomic E-state index is 12.4. The first kappa shape index (κ1) is 23.2. The highest BCUT2D eigenvalue weighted by atomic mass is 79.9. The molecule has 1 aliphatic heterocycles. The van der Waals surface area contributed by atoms with Crippen LogP contribution >= 0.6 is 15.9 Å². The van der Waals surface area contributed by atoms with Crippen LogP contribution in [-0.2, 0) is 16.1 Å². The second kappa shape index (κ2) is 9.88. The van der Waals surface area contributed by atoms with Crippen LogP contribution in [0.25, 0.3) is 6.08 Å². The lowest BCUT2D eigenvalue weighted by Gasteiger charge is -2.13. The number of nitro groups is 1. The number of esters is 1. The molecule has 3 aromatic rings. The van der Waals surface area contributed by atoms with Crippen molar-refractivity contribution in [3.63, 3.8) is 0 Å². The molecule has 0 spiro atoms. The van der Waals surface area contributed by atoms with Gasteiger partial charge in [-0.3, -0.25) is 10.1 Å². The number of hydrogen-bond acceptors (Lipinski definition) is 7. The first-order chi connectivity index (χ1) is 16.4. The first-order valence-corrected chi connectivity index (χ1v) is 11.0. The van der Waals surface area contributed by atoms with E-state index in [0.29, 0.717) is 39.3 Å². The van der Waals surface area contributed by atoms with E-state index in [4.69, 9.17) is 14.2 Å². The normalized spacial score (nSPS) is 14.0. The van der Waals surface area contributed by atoms with Crippen LogP contribution in [0.1, 0.15) is 22.3 Å². The van der Waals surface area contributed by atoms with Crippen molar-refractivity contribution in [2.45, 2.75) is 13.5 Å². The molecular weight excluding hydrogens is 504 g/mol. The average Bonchev–Trinajstić information content (AvgIpc) is 3.18. The molecule has 1 aliphatic rings. The van der Waals surface area contributed by atoms with Crippen molar-refractivity contribution in [3.8, 4) is 11.5 Å². The van der Waals surface area contributed by atoms with Crippen LogP contribution in [0.15, 0.2) is 75.8 Å². The molecule has 0 fully saturated rings. The Balaban J connectivity index is 1.61. The van der Waals surface area contributed by atoms with Crippen LogP contribution in [0.3, 0.4) is 0 Å². The van der Waals surface area contributed by atoms with Crippen LogP contribution in [0, 0.1) is 17.0 Å². The molecule has 3 aromatic carbocycles. The lowest BCUT2D eigenvalue weighted by Crippen LogP contribution is -2.06. The maximum absolute atomic E-state index is 12.4. The number of hydrogen-bond donors (Lipinski definition) is 0. The van der Waals surface area contributed by atoms with E-state index in [0.717, 1.165) is 5.56 Å². The third kappa shape index (κ3) is 4.99. The molecular formula is C25H19BrN2O6. The molecule has 9 heteroatoms. The largest absolute Gasteiger partial charge is 0.493 e. The third-order valence-electron chi connectivity index (χ3n) is 5.05. The summed E-state index contributed by atoms with van der Waals surface area (Å²) in [7, 11) is 1.53. The van der Waals surface area contributed by atoms with Crippen molar-refractivity contribution in [3.05, 3.63) is 103 Å². The van der Waals surface area contributed by atoms with Gasteiger partial charge in [-0.15, -0.1) is 0 Å². The van der Waals surface area contributed by atoms with Gasteiger partial charge in [0.15, 0.2) is 17.2 Å². The number of methoxy groups -OCH3 is 1. The minimum absolute atomic E-state index is 0.00759. The van der Waals surface area contributed by atoms with Gasteiger partial charge in [0.1, 0.15) is 6.61 Å². The Morgan fingerprint density at radius 1 is 1.15 bits per heavy atom. The number of aryl methyl sites for hydroxylation is 1. The molecule has 0 saturated heterocycles. The van der Waals surface area contributed by atoms with Crippen LogP contribution < -0.4 is 9.47 Å². The minimum atomic E-state index is -0.655. The smallest absolute Gasteiger partial charge is 0.363 e. The van der Waals surface area contributed by atoms with Gasteiger partial charge in [-0.25, -0.2) is 9.79 Å². The second-order valence-electron chi connectivity index (χ2n) is 7.40. The molecule has 1 heterocycles. The van der Waals surface area contributed by atoms with E-state index in [1.54, 1.807) is 37.3 Å². The molecule has 0 aromatic heterocycles. The van der Waals surface area contributed by atoms with Gasteiger partial charge in [-0.1, -0.05) is 36.4 Å². The number of carbonyl (C=O) groups is 1. The molecule has 0 atom stereocenters. The van der Waals surface area contributed by atoms with E-state index >= 15 is 0 Å². The van der Waals surface area contributed by atoms with Crippen LogP contribution in [0.5, 0.6) is 11.5 Å². The van der Waals surface area contributed by atoms with E-state index in [2.05, 4.69) is 20.9 Å². The molecule has 0 N–H and O–H groups in total. The van der Waals surface area contributed by atoms with Gasteiger partial charge in [0.25, 0.3) is 5.69 Å². The summed E-state index contributed by atoms with van der Waals surface area (Å²) in [5.41, 5.74) is 2.47. The standard InChI is InChI=1S/C25H19BrN2O6/c1-15-8-9-18(13-21(15)28(30)31)24-27-20(25(29)34-24)11-17-10-19(26)23(22(12-17)32-2)33-14-16-6-4-3-5-7-16/h3-13H,14H2,1-2H3/b20-11-. The Morgan fingerprint density at radius 3 is 2.62 bits per heavy atom. The van der Waals surface area contributed by atoms with Gasteiger partial charge in [0, 0.05) is 17.2 Å². The molecule has 0 aliphatic carbocycles. The summed E-state index contributed by atoms with van der Waals surface area (Å²) < 4.78 is 17.3. The van der Waals surface area contributed by atoms with Gasteiger partial charge < -0.3 is 14.2 Å². The van der Waals surface area contributed by atoms with Crippen molar-refractivity contribution in [2.75, 3.05) is 7.11 Å². The monoisotopic (exact) mass is 522 g/mol. The number of ether oxygens (including phenoxy) is 3. The molecule has 8 nitrogen and oxygen atoms in total. The zero-order valence-electron chi connectivity index (χ0n) is 18.3. The molecule has 0 saturated carbocycles. The number of aliphatic imine (C=N–C) groups is 1. The van der Waals surface area contributed by atoms with Crippen LogP contribution in [0.2, 0.25) is 0 Å². The summed E-state index contributed by atoms with van der Waals surface area (Å²) in [6.45, 7) is 1.99. The van der Waals surface area contributed by atoms with E-state index in [1.165, 1.54) is 13.2 Å². The number of carbonyl (C=O) groups excluding carboxylic acids is 1. The second-order valence-corrected chi connectivity index (χ2v) is 8.26. The summed E-state index contributed by atoms with van der Waals surface area (Å²) in [4.78, 5) is 27.4. The van der Waals surface area contributed by atoms with Gasteiger partial charge in [-0.2, -0.15) is 0 Å². The lowest BCUT2D eigenvalue weighted by molar-refractivity contribution is -0.385. The minimum Gasteiger partial charge on any atom is -0.493 e. The fourth-order valence-corrected chi connectivity index (χ4v) is 3.90. The Morgan fingerprint density at radius 2 is 1.91 bits per heavy atom. The highest BCUT2D eigenvalue weighted by Gasteiger charge is 2.26. The summed E-state index contributed by atoms with van der Waals surface area (Å²) in [5, 5.41) is 11.2. The Bertz CT molecular complexity index is 1330. The van der Waals surface area contributed by atoms with Crippen LogP contribution in [-0.4, -0.2) is 23.9 Å². The number of nitro benzene ring substituents is 1. The summed E-state index contributed by atoms with van der Waals surface area (Å²) in [5.74, 6) is 0.353. The quantitative estimate of drug-likeness (QED) is 0.173. The molecule has 0 radical (unpaired) electrons. The number of cyclic esters (lactones) is 1. The highest BCUT2D eigenvalue weighted by Crippen LogP contribution is 2.38. The van der Waals surface area contributed by atoms with Crippen molar-refractivity contribution < 1.29 is 23.9 Å². The van der Waals surface area contributed by atoms with Crippen molar-refractivity contribution in [1.29, 1.82) is 0 Å². The number of nitrogens with zero attached hydrogens (tertiary/aromatic N) is 2. The zero-order chi connectivity index (χ0) is 24.2. The van der Waals surface area contributed by atoms with Gasteiger partial charge >= 0.3 is 5.97 Å². The van der Waals surface area contributed by atoms with Gasteiger partial charge in [-0.05, 0) is 58.3 Å². The molecule has 172 valence electrons. The van der Waals surface area contributed by atoms with Crippen molar-refractivity contribution in [1.82, 2.24) is 0 Å². The highest BCUT2D eigenvalue weighted by molar-refractivity contribution is 9.10. The van der Waals surface area contributed by atoms with Crippen molar-refractivity contribution >= 4 is 39.6 Å². The summed E-state index contributed by atoms with van der Waals surface area (Å²) in [6.07, 6.45) is 1.55. The molecule has 4 rings (SSSR count). The van der Waals surface area contributed by atoms with Gasteiger partial charge in [0.2, 0.25) is 5.90 Å². The van der Waals surface area contributed by atoms with Gasteiger partial charge in [0.05, 0.1) is 16.5 Å². The molecule has 0 unspecified atom stereocenters. The third-order valence-corrected chi connectivity index (χ3v) is 5.64. The lowest BCUT2D eigenvalue weighted by atomic mass is 10.1. The fourth-order valence-electron chi connectivity index (χ4n) is 3.32. The van der Waals surface area contributed by atoms with E-state index < -0.39 is 10.9 Å². The topological polar surface area (TPSA) is 100 Å². The van der Waals surface area contributed by atoms with E-state index in [9.17, 15) is 14.9 Å². The Kier molecular flexibility index (Phi) is 6.74. The predicted molar refractivity (Wildman–Crippen MR) is 130 cm³/mol. The van der Waals surface area contributed by atoms with Crippen LogP contribution in [0.4, 0.5) is 5.69 Å². The predicted octanol–water partition coefficient (Wildman–Crippen LogP) is 5.60. The van der Waals surface area contributed by atoms with E-state index in [-0.39, 0.29) is 17.3 Å². The Labute approximate surface area is 203 Å². The summed E-state index contributed by atoms with van der Waals surface area (Å²) in [6, 6.07) is 17.8. The molecule has 34 heavy (non-hydrogen) atoms. The maximum Gasteiger partial charge on any atom is 0.363 e. The molecule has 0 amide bonds. The number of halogens is 1. The fraction of sp³-hybridized carbons (Fsp3) is 0.120. The van der Waals surface area contributed by atoms with Crippen molar-refractivity contribution in [2.24, 2.45) is 4.99 Å². The zero-order valence-corrected chi connectivity index (χ0v) is 19.9. The SMILES string of the molecule is COc1cc(/C=C2\N=C(c3ccc(C)c([N+](=O)[O-])c3)OC2=O)cc(Br)c1OCc1ccccc1. The Hall–Kier alpha value is -3.98. The number of rotatable bonds is 7. The first-order valence-electron chi connectivity index (χ1n) is 10.2. The number of benzene rings is 3. The summed E-state index contributed by atoms with van der Waals surface area (Å²) >= 11 is 3.50. The van der Waals surface area contributed by atoms with E-state index in [1.807, 2.05) is 30.3 Å².